The molecule has 2 N–H and O–H groups in total. The Balaban J connectivity index is 1.60. The van der Waals surface area contributed by atoms with Crippen LogP contribution < -0.4 is 20.1 Å². The molecule has 3 aromatic rings. The van der Waals surface area contributed by atoms with Crippen molar-refractivity contribution >= 4 is 52.5 Å². The minimum absolute atomic E-state index is 0.112. The van der Waals surface area contributed by atoms with Gasteiger partial charge in [-0.15, -0.1) is 0 Å². The molecule has 3 aromatic carbocycles. The molecule has 0 atom stereocenters. The van der Waals surface area contributed by atoms with Gasteiger partial charge in [-0.05, 0) is 72.3 Å². The van der Waals surface area contributed by atoms with Gasteiger partial charge in [0.2, 0.25) is 0 Å². The maximum absolute atomic E-state index is 12.4. The number of carbonyl (C=O) groups is 2. The van der Waals surface area contributed by atoms with Gasteiger partial charge in [-0.2, -0.15) is 5.26 Å². The maximum Gasteiger partial charge on any atom is 0.266 e. The molecule has 0 saturated heterocycles. The van der Waals surface area contributed by atoms with Crippen LogP contribution in [0.5, 0.6) is 11.5 Å². The summed E-state index contributed by atoms with van der Waals surface area (Å²) in [5.74, 6) is 0.0253. The number of amides is 2. The molecular formula is C25H19Cl2N3O4. The summed E-state index contributed by atoms with van der Waals surface area (Å²) in [6.07, 6.45) is 1.40. The van der Waals surface area contributed by atoms with Gasteiger partial charge in [0.15, 0.2) is 6.61 Å². The van der Waals surface area contributed by atoms with Gasteiger partial charge in [0.1, 0.15) is 23.1 Å². The number of nitrogens with zero attached hydrogens (tertiary/aromatic N) is 1. The molecule has 7 nitrogen and oxygen atoms in total. The van der Waals surface area contributed by atoms with Gasteiger partial charge < -0.3 is 20.1 Å². The second kappa shape index (κ2) is 11.8. The molecule has 34 heavy (non-hydrogen) atoms. The van der Waals surface area contributed by atoms with Gasteiger partial charge in [0.05, 0.1) is 12.1 Å². The highest BCUT2D eigenvalue weighted by molar-refractivity contribution is 6.32. The summed E-state index contributed by atoms with van der Waals surface area (Å²) in [6, 6.07) is 20.0. The molecule has 0 aliphatic carbocycles. The largest absolute Gasteiger partial charge is 0.497 e. The van der Waals surface area contributed by atoms with E-state index in [1.807, 2.05) is 6.07 Å². The molecule has 0 radical (unpaired) electrons. The molecule has 0 saturated carbocycles. The lowest BCUT2D eigenvalue weighted by atomic mass is 10.1. The highest BCUT2D eigenvalue weighted by atomic mass is 35.5. The topological polar surface area (TPSA) is 100 Å². The zero-order valence-electron chi connectivity index (χ0n) is 18.0. The normalized spacial score (nSPS) is 10.7. The van der Waals surface area contributed by atoms with Crippen LogP contribution in [0.15, 0.2) is 72.3 Å². The third-order valence-corrected chi connectivity index (χ3v) is 5.01. The lowest BCUT2D eigenvalue weighted by Crippen LogP contribution is -2.20. The van der Waals surface area contributed by atoms with Crippen molar-refractivity contribution in [3.63, 3.8) is 0 Å². The highest BCUT2D eigenvalue weighted by Gasteiger charge is 2.11. The quantitative estimate of drug-likeness (QED) is 0.314. The fourth-order valence-corrected chi connectivity index (χ4v) is 3.16. The summed E-state index contributed by atoms with van der Waals surface area (Å²) in [5, 5.41) is 15.5. The number of nitrogens with one attached hydrogen (secondary N) is 2. The molecule has 3 rings (SSSR count). The van der Waals surface area contributed by atoms with Gasteiger partial charge in [0.25, 0.3) is 11.8 Å². The molecule has 172 valence electrons. The van der Waals surface area contributed by atoms with Crippen LogP contribution >= 0.6 is 23.2 Å². The second-order valence-corrected chi connectivity index (χ2v) is 7.73. The van der Waals surface area contributed by atoms with E-state index < -0.39 is 5.91 Å². The van der Waals surface area contributed by atoms with Gasteiger partial charge in [0, 0.05) is 16.4 Å². The third-order valence-electron chi connectivity index (χ3n) is 4.47. The van der Waals surface area contributed by atoms with E-state index >= 15 is 0 Å². The number of hydrogen-bond acceptors (Lipinski definition) is 5. The summed E-state index contributed by atoms with van der Waals surface area (Å²) in [5.41, 5.74) is 1.51. The average molecular weight is 496 g/mol. The van der Waals surface area contributed by atoms with Crippen molar-refractivity contribution in [3.8, 4) is 17.6 Å². The monoisotopic (exact) mass is 495 g/mol. The molecule has 0 aromatic heterocycles. The van der Waals surface area contributed by atoms with Crippen molar-refractivity contribution < 1.29 is 19.1 Å². The minimum Gasteiger partial charge on any atom is -0.497 e. The predicted molar refractivity (Wildman–Crippen MR) is 132 cm³/mol. The summed E-state index contributed by atoms with van der Waals surface area (Å²) in [4.78, 5) is 24.5. The lowest BCUT2D eigenvalue weighted by Gasteiger charge is -2.10. The summed E-state index contributed by atoms with van der Waals surface area (Å²) < 4.78 is 10.6. The van der Waals surface area contributed by atoms with E-state index in [1.165, 1.54) is 12.1 Å². The maximum atomic E-state index is 12.4. The SMILES string of the molecule is COc1ccc(NC(=O)COc2ccc(/C=C(/C#N)C(=O)Nc3ccc(Cl)cc3)cc2Cl)cc1. The van der Waals surface area contributed by atoms with Crippen LogP contribution in [0.2, 0.25) is 10.0 Å². The van der Waals surface area contributed by atoms with Crippen molar-refractivity contribution in [2.75, 3.05) is 24.4 Å². The van der Waals surface area contributed by atoms with Gasteiger partial charge in [-0.1, -0.05) is 29.3 Å². The fourth-order valence-electron chi connectivity index (χ4n) is 2.79. The van der Waals surface area contributed by atoms with Crippen LogP contribution in [0.3, 0.4) is 0 Å². The van der Waals surface area contributed by atoms with E-state index in [4.69, 9.17) is 32.7 Å². The van der Waals surface area contributed by atoms with Crippen molar-refractivity contribution in [2.45, 2.75) is 0 Å². The van der Waals surface area contributed by atoms with E-state index in [9.17, 15) is 14.9 Å². The third kappa shape index (κ3) is 7.01. The molecule has 0 aliphatic rings. The standard InChI is InChI=1S/C25H19Cl2N3O4/c1-33-21-9-7-19(8-10-21)29-24(31)15-34-23-11-2-16(13-22(23)27)12-17(14-28)25(32)30-20-5-3-18(26)4-6-20/h2-13H,15H2,1H3,(H,29,31)(H,30,32)/b17-12-. The first-order valence-electron chi connectivity index (χ1n) is 9.93. The summed E-state index contributed by atoms with van der Waals surface area (Å²) >= 11 is 12.1. The lowest BCUT2D eigenvalue weighted by molar-refractivity contribution is -0.118. The number of anilines is 2. The number of methoxy groups -OCH3 is 1. The van der Waals surface area contributed by atoms with E-state index in [0.29, 0.717) is 27.7 Å². The Kier molecular flexibility index (Phi) is 8.52. The summed E-state index contributed by atoms with van der Waals surface area (Å²) in [7, 11) is 1.56. The first-order valence-corrected chi connectivity index (χ1v) is 10.7. The molecule has 2 amide bonds. The average Bonchev–Trinajstić information content (AvgIpc) is 2.83. The van der Waals surface area contributed by atoms with Crippen LogP contribution in [0.1, 0.15) is 5.56 Å². The number of halogens is 2. The van der Waals surface area contributed by atoms with Crippen LogP contribution in [-0.4, -0.2) is 25.5 Å². The number of nitriles is 1. The first kappa shape index (κ1) is 24.6. The number of hydrogen-bond donors (Lipinski definition) is 2. The van der Waals surface area contributed by atoms with E-state index in [1.54, 1.807) is 67.8 Å². The Bertz CT molecular complexity index is 1250. The first-order chi connectivity index (χ1) is 16.4. The van der Waals surface area contributed by atoms with Crippen LogP contribution in [0, 0.1) is 11.3 Å². The summed E-state index contributed by atoms with van der Waals surface area (Å²) in [6.45, 7) is -0.256. The smallest absolute Gasteiger partial charge is 0.266 e. The van der Waals surface area contributed by atoms with Crippen molar-refractivity contribution in [1.82, 2.24) is 0 Å². The zero-order valence-corrected chi connectivity index (χ0v) is 19.5. The molecule has 0 unspecified atom stereocenters. The molecule has 0 fully saturated rings. The highest BCUT2D eigenvalue weighted by Crippen LogP contribution is 2.27. The molecular weight excluding hydrogens is 477 g/mol. The zero-order chi connectivity index (χ0) is 24.5. The van der Waals surface area contributed by atoms with Crippen molar-refractivity contribution in [3.05, 3.63) is 87.9 Å². The van der Waals surface area contributed by atoms with Crippen molar-refractivity contribution in [1.29, 1.82) is 5.26 Å². The second-order valence-electron chi connectivity index (χ2n) is 6.89. The number of rotatable bonds is 8. The minimum atomic E-state index is -0.573. The van der Waals surface area contributed by atoms with E-state index in [2.05, 4.69) is 10.6 Å². The van der Waals surface area contributed by atoms with Gasteiger partial charge in [-0.3, -0.25) is 9.59 Å². The Morgan fingerprint density at radius 1 is 0.971 bits per heavy atom. The molecule has 0 bridgehead atoms. The molecule has 0 spiro atoms. The predicted octanol–water partition coefficient (Wildman–Crippen LogP) is 5.57. The Hall–Kier alpha value is -3.99. The van der Waals surface area contributed by atoms with E-state index in [-0.39, 0.29) is 28.9 Å². The van der Waals surface area contributed by atoms with E-state index in [0.717, 1.165) is 0 Å². The molecule has 9 heteroatoms. The number of ether oxygens (including phenoxy) is 2. The van der Waals surface area contributed by atoms with Crippen molar-refractivity contribution in [2.24, 2.45) is 0 Å². The Labute approximate surface area is 206 Å². The molecule has 0 heterocycles. The van der Waals surface area contributed by atoms with Gasteiger partial charge >= 0.3 is 0 Å². The fraction of sp³-hybridized carbons (Fsp3) is 0.0800. The number of benzene rings is 3. The van der Waals surface area contributed by atoms with Crippen LogP contribution in [-0.2, 0) is 9.59 Å². The van der Waals surface area contributed by atoms with Crippen LogP contribution in [0.25, 0.3) is 6.08 Å². The Morgan fingerprint density at radius 3 is 2.24 bits per heavy atom. The number of carbonyl (C=O) groups excluding carboxylic acids is 2. The van der Waals surface area contributed by atoms with Gasteiger partial charge in [-0.25, -0.2) is 0 Å². The van der Waals surface area contributed by atoms with Crippen LogP contribution in [0.4, 0.5) is 11.4 Å². The molecule has 0 aliphatic heterocycles. The Morgan fingerprint density at radius 2 is 1.62 bits per heavy atom.